The average molecular weight is 414 g/mol. The van der Waals surface area contributed by atoms with E-state index in [4.69, 9.17) is 9.47 Å². The van der Waals surface area contributed by atoms with Gasteiger partial charge >= 0.3 is 6.18 Å². The molecule has 0 amide bonds. The molecule has 0 bridgehead atoms. The minimum absolute atomic E-state index is 0.0993. The third-order valence-corrected chi connectivity index (χ3v) is 4.41. The molecule has 0 aliphatic heterocycles. The van der Waals surface area contributed by atoms with Crippen molar-refractivity contribution >= 4 is 0 Å². The molecule has 154 valence electrons. The minimum Gasteiger partial charge on any atom is -0.493 e. The molecule has 0 saturated heterocycles. The van der Waals surface area contributed by atoms with E-state index in [1.54, 1.807) is 31.2 Å². The number of benzene rings is 2. The summed E-state index contributed by atoms with van der Waals surface area (Å²) in [7, 11) is 1.42. The Hall–Kier alpha value is -3.73. The smallest absolute Gasteiger partial charge is 0.416 e. The number of pyridine rings is 1. The van der Waals surface area contributed by atoms with Crippen molar-refractivity contribution in [2.24, 2.45) is 0 Å². The molecule has 1 aromatic heterocycles. The van der Waals surface area contributed by atoms with Crippen LogP contribution >= 0.6 is 0 Å². The fourth-order valence-electron chi connectivity index (χ4n) is 3.04. The van der Waals surface area contributed by atoms with Gasteiger partial charge in [-0.1, -0.05) is 24.3 Å². The maximum Gasteiger partial charge on any atom is 0.416 e. The Bertz CT molecular complexity index is 1180. The first kappa shape index (κ1) is 21.0. The number of para-hydroxylation sites is 1. The standard InChI is InChI=1S/C22H17F3N2O3/c1-13-9-17(18(11-26)21(28)27-13)16-7-4-8-19(29-2)20(16)30-12-14-5-3-6-15(10-14)22(23,24)25/h3-10H,12H2,1-2H3,(H,27,28). The number of nitrogens with one attached hydrogen (secondary N) is 1. The van der Waals surface area contributed by atoms with Gasteiger partial charge in [-0.25, -0.2) is 0 Å². The number of halogens is 3. The molecule has 5 nitrogen and oxygen atoms in total. The van der Waals surface area contributed by atoms with Gasteiger partial charge in [0.05, 0.1) is 12.7 Å². The van der Waals surface area contributed by atoms with Crippen LogP contribution in [0.15, 0.2) is 53.3 Å². The number of rotatable bonds is 5. The van der Waals surface area contributed by atoms with Crippen molar-refractivity contribution in [1.82, 2.24) is 4.98 Å². The van der Waals surface area contributed by atoms with Crippen LogP contribution < -0.4 is 15.0 Å². The van der Waals surface area contributed by atoms with Crippen LogP contribution in [-0.4, -0.2) is 12.1 Å². The van der Waals surface area contributed by atoms with E-state index in [1.165, 1.54) is 19.2 Å². The normalized spacial score (nSPS) is 11.1. The van der Waals surface area contributed by atoms with Crippen LogP contribution in [0.3, 0.4) is 0 Å². The number of aromatic nitrogens is 1. The summed E-state index contributed by atoms with van der Waals surface area (Å²) in [5.41, 5.74) is 0.200. The maximum absolute atomic E-state index is 13.0. The van der Waals surface area contributed by atoms with Crippen LogP contribution in [0, 0.1) is 18.3 Å². The highest BCUT2D eigenvalue weighted by atomic mass is 19.4. The van der Waals surface area contributed by atoms with Crippen molar-refractivity contribution in [2.75, 3.05) is 7.11 Å². The lowest BCUT2D eigenvalue weighted by Gasteiger charge is -2.17. The molecule has 0 unspecified atom stereocenters. The van der Waals surface area contributed by atoms with Crippen molar-refractivity contribution in [1.29, 1.82) is 5.26 Å². The number of aromatic amines is 1. The van der Waals surface area contributed by atoms with Gasteiger partial charge in [-0.05, 0) is 36.8 Å². The third-order valence-electron chi connectivity index (χ3n) is 4.41. The number of methoxy groups -OCH3 is 1. The second-order valence-electron chi connectivity index (χ2n) is 6.51. The number of aryl methyl sites for hydroxylation is 1. The molecule has 0 saturated carbocycles. The monoisotopic (exact) mass is 414 g/mol. The molecule has 1 heterocycles. The molecule has 3 rings (SSSR count). The predicted octanol–water partition coefficient (Wildman–Crippen LogP) is 4.83. The highest BCUT2D eigenvalue weighted by molar-refractivity contribution is 5.78. The van der Waals surface area contributed by atoms with Gasteiger partial charge in [0.2, 0.25) is 0 Å². The quantitative estimate of drug-likeness (QED) is 0.649. The first-order chi connectivity index (χ1) is 14.2. The maximum atomic E-state index is 13.0. The average Bonchev–Trinajstić information content (AvgIpc) is 2.71. The number of H-pyrrole nitrogens is 1. The Morgan fingerprint density at radius 1 is 1.10 bits per heavy atom. The molecule has 0 radical (unpaired) electrons. The lowest BCUT2D eigenvalue weighted by atomic mass is 9.99. The molecule has 8 heteroatoms. The lowest BCUT2D eigenvalue weighted by molar-refractivity contribution is -0.137. The van der Waals surface area contributed by atoms with E-state index in [1.807, 2.05) is 6.07 Å². The molecule has 3 aromatic rings. The van der Waals surface area contributed by atoms with E-state index in [9.17, 15) is 23.2 Å². The molecule has 1 N–H and O–H groups in total. The molecular weight excluding hydrogens is 397 g/mol. The number of ether oxygens (including phenoxy) is 2. The van der Waals surface area contributed by atoms with E-state index in [0.717, 1.165) is 12.1 Å². The van der Waals surface area contributed by atoms with E-state index in [2.05, 4.69) is 4.98 Å². The van der Waals surface area contributed by atoms with Crippen molar-refractivity contribution in [3.8, 4) is 28.7 Å². The molecule has 0 aliphatic rings. The van der Waals surface area contributed by atoms with E-state index < -0.39 is 17.3 Å². The highest BCUT2D eigenvalue weighted by Gasteiger charge is 2.30. The van der Waals surface area contributed by atoms with Gasteiger partial charge in [0.1, 0.15) is 18.2 Å². The van der Waals surface area contributed by atoms with E-state index >= 15 is 0 Å². The van der Waals surface area contributed by atoms with Crippen LogP contribution in [0.4, 0.5) is 13.2 Å². The topological polar surface area (TPSA) is 75.1 Å². The molecule has 0 atom stereocenters. The summed E-state index contributed by atoms with van der Waals surface area (Å²) in [6.45, 7) is 1.51. The van der Waals surface area contributed by atoms with Gasteiger partial charge in [-0.2, -0.15) is 18.4 Å². The first-order valence-corrected chi connectivity index (χ1v) is 8.85. The zero-order valence-electron chi connectivity index (χ0n) is 16.1. The van der Waals surface area contributed by atoms with Gasteiger partial charge in [-0.15, -0.1) is 0 Å². The number of nitrogens with zero attached hydrogens (tertiary/aromatic N) is 1. The number of nitriles is 1. The van der Waals surface area contributed by atoms with Crippen LogP contribution in [-0.2, 0) is 12.8 Å². The summed E-state index contributed by atoms with van der Waals surface area (Å²) in [5.74, 6) is 0.542. The Labute approximate surface area is 170 Å². The summed E-state index contributed by atoms with van der Waals surface area (Å²) in [6, 6.07) is 13.3. The Kier molecular flexibility index (Phi) is 5.83. The summed E-state index contributed by atoms with van der Waals surface area (Å²) < 4.78 is 50.1. The molecule has 0 fully saturated rings. The van der Waals surface area contributed by atoms with Gasteiger partial charge < -0.3 is 14.5 Å². The van der Waals surface area contributed by atoms with Crippen molar-refractivity contribution in [3.63, 3.8) is 0 Å². The molecule has 0 spiro atoms. The molecule has 30 heavy (non-hydrogen) atoms. The fourth-order valence-corrected chi connectivity index (χ4v) is 3.04. The third kappa shape index (κ3) is 4.30. The Morgan fingerprint density at radius 2 is 1.83 bits per heavy atom. The summed E-state index contributed by atoms with van der Waals surface area (Å²) in [4.78, 5) is 14.8. The van der Waals surface area contributed by atoms with Gasteiger partial charge in [0, 0.05) is 16.8 Å². The Balaban J connectivity index is 2.06. The van der Waals surface area contributed by atoms with Gasteiger partial charge in [0.25, 0.3) is 5.56 Å². The van der Waals surface area contributed by atoms with Crippen LogP contribution in [0.25, 0.3) is 11.1 Å². The summed E-state index contributed by atoms with van der Waals surface area (Å²) in [5, 5.41) is 9.43. The molecule has 2 aromatic carbocycles. The predicted molar refractivity (Wildman–Crippen MR) is 104 cm³/mol. The van der Waals surface area contributed by atoms with Crippen LogP contribution in [0.1, 0.15) is 22.4 Å². The van der Waals surface area contributed by atoms with Gasteiger partial charge in [0.15, 0.2) is 11.5 Å². The second kappa shape index (κ2) is 8.33. The van der Waals surface area contributed by atoms with E-state index in [-0.39, 0.29) is 17.9 Å². The Morgan fingerprint density at radius 3 is 2.50 bits per heavy atom. The van der Waals surface area contributed by atoms with Crippen molar-refractivity contribution < 1.29 is 22.6 Å². The second-order valence-corrected chi connectivity index (χ2v) is 6.51. The first-order valence-electron chi connectivity index (χ1n) is 8.85. The van der Waals surface area contributed by atoms with Gasteiger partial charge in [-0.3, -0.25) is 4.79 Å². The SMILES string of the molecule is COc1cccc(-c2cc(C)[nH]c(=O)c2C#N)c1OCc1cccc(C(F)(F)F)c1. The molecular formula is C22H17F3N2O3. The number of hydrogen-bond acceptors (Lipinski definition) is 4. The zero-order valence-corrected chi connectivity index (χ0v) is 16.1. The molecule has 0 aliphatic carbocycles. The van der Waals surface area contributed by atoms with Crippen molar-refractivity contribution in [2.45, 2.75) is 19.7 Å². The zero-order chi connectivity index (χ0) is 21.9. The number of alkyl halides is 3. The van der Waals surface area contributed by atoms with E-state index in [0.29, 0.717) is 28.1 Å². The van der Waals surface area contributed by atoms with Crippen molar-refractivity contribution in [3.05, 3.63) is 81.3 Å². The lowest BCUT2D eigenvalue weighted by Crippen LogP contribution is -2.13. The summed E-state index contributed by atoms with van der Waals surface area (Å²) in [6.07, 6.45) is -4.46. The van der Waals surface area contributed by atoms with Crippen LogP contribution in [0.2, 0.25) is 0 Å². The fraction of sp³-hybridized carbons (Fsp3) is 0.182. The largest absolute Gasteiger partial charge is 0.493 e. The van der Waals surface area contributed by atoms with Crippen LogP contribution in [0.5, 0.6) is 11.5 Å². The highest BCUT2D eigenvalue weighted by Crippen LogP contribution is 2.39. The minimum atomic E-state index is -4.46. The number of hydrogen-bond donors (Lipinski definition) is 1. The summed E-state index contributed by atoms with van der Waals surface area (Å²) >= 11 is 0.